The van der Waals surface area contributed by atoms with Crippen LogP contribution in [-0.2, 0) is 15.8 Å². The van der Waals surface area contributed by atoms with Crippen molar-refractivity contribution in [2.75, 3.05) is 48.4 Å². The normalized spacial score (nSPS) is 15.4. The number of anilines is 3. The first-order valence-corrected chi connectivity index (χ1v) is 11.4. The quantitative estimate of drug-likeness (QED) is 0.275. The largest absolute Gasteiger partial charge is 0.423 e. The van der Waals surface area contributed by atoms with E-state index in [0.717, 1.165) is 24.7 Å². The Hall–Kier alpha value is -3.46. The number of hydrogen-bond acceptors (Lipinski definition) is 10. The van der Waals surface area contributed by atoms with Crippen molar-refractivity contribution >= 4 is 23.2 Å². The third-order valence-electron chi connectivity index (χ3n) is 5.51. The van der Waals surface area contributed by atoms with Gasteiger partial charge in [0, 0.05) is 32.1 Å². The van der Waals surface area contributed by atoms with E-state index < -0.39 is 29.0 Å². The molecule has 5 N–H and O–H groups in total. The average molecular weight is 515 g/mol. The minimum atomic E-state index is -4.85. The molecule has 15 heteroatoms. The van der Waals surface area contributed by atoms with Gasteiger partial charge in [-0.15, -0.1) is 0 Å². The summed E-state index contributed by atoms with van der Waals surface area (Å²) in [7, 11) is 0. The fraction of sp³-hybridized carbons (Fsp3) is 0.571. The van der Waals surface area contributed by atoms with Crippen molar-refractivity contribution in [3.63, 3.8) is 0 Å². The molecule has 3 heterocycles. The molecular weight excluding hydrogens is 485 g/mol. The molecule has 1 aliphatic rings. The van der Waals surface area contributed by atoms with Crippen molar-refractivity contribution in [2.24, 2.45) is 5.92 Å². The summed E-state index contributed by atoms with van der Waals surface area (Å²) < 4.78 is 39.4. The summed E-state index contributed by atoms with van der Waals surface area (Å²) in [5.74, 6) is 0.411. The maximum absolute atomic E-state index is 13.1. The van der Waals surface area contributed by atoms with Crippen molar-refractivity contribution < 1.29 is 27.9 Å². The average Bonchev–Trinajstić information content (AvgIpc) is 2.83. The van der Waals surface area contributed by atoms with Crippen LogP contribution in [0.2, 0.25) is 0 Å². The van der Waals surface area contributed by atoms with Gasteiger partial charge in [-0.3, -0.25) is 14.4 Å². The van der Waals surface area contributed by atoms with Crippen molar-refractivity contribution in [3.05, 3.63) is 34.5 Å². The van der Waals surface area contributed by atoms with E-state index in [-0.39, 0.29) is 31.5 Å². The number of hydroxylamine groups is 1. The van der Waals surface area contributed by atoms with Gasteiger partial charge >= 0.3 is 6.18 Å². The number of halogens is 3. The first-order valence-electron chi connectivity index (χ1n) is 11.4. The number of carbonyl (C=O) groups is 1. The van der Waals surface area contributed by atoms with Gasteiger partial charge in [0.05, 0.1) is 43.2 Å². The number of aliphatic hydroxyl groups is 1. The van der Waals surface area contributed by atoms with Crippen LogP contribution in [0.3, 0.4) is 0 Å². The summed E-state index contributed by atoms with van der Waals surface area (Å²) in [6.45, 7) is 3.22. The first-order chi connectivity index (χ1) is 17.2. The van der Waals surface area contributed by atoms with Crippen LogP contribution < -0.4 is 26.6 Å². The zero-order valence-corrected chi connectivity index (χ0v) is 19.6. The standard InChI is InChI=1S/C21H29F3N8O4/c1-13(29-16-11-28-30-19(35)18(16)21(22,23)24)12-36-31-17(34)8-14-2-5-32(6-3-14)20-26-9-15(10-27-20)25-4-7-33/h9-11,13-14,25,33H,2-8,12H2,1H3,(H,31,34)(H2,29,30,35)/t13-/m0/s1. The van der Waals surface area contributed by atoms with Crippen molar-refractivity contribution in [3.8, 4) is 0 Å². The van der Waals surface area contributed by atoms with Gasteiger partial charge in [0.2, 0.25) is 11.9 Å². The molecule has 1 amide bonds. The maximum Gasteiger partial charge on any atom is 0.423 e. The third kappa shape index (κ3) is 7.78. The Morgan fingerprint density at radius 1 is 1.28 bits per heavy atom. The Morgan fingerprint density at radius 3 is 2.61 bits per heavy atom. The monoisotopic (exact) mass is 514 g/mol. The van der Waals surface area contributed by atoms with E-state index in [4.69, 9.17) is 9.94 Å². The third-order valence-corrected chi connectivity index (χ3v) is 5.51. The number of nitrogens with one attached hydrogen (secondary N) is 4. The predicted molar refractivity (Wildman–Crippen MR) is 124 cm³/mol. The van der Waals surface area contributed by atoms with Crippen LogP contribution in [0, 0.1) is 5.92 Å². The topological polar surface area (TPSA) is 157 Å². The summed E-state index contributed by atoms with van der Waals surface area (Å²) in [4.78, 5) is 39.6. The van der Waals surface area contributed by atoms with Crippen LogP contribution in [-0.4, -0.2) is 70.1 Å². The lowest BCUT2D eigenvalue weighted by molar-refractivity contribution is -0.138. The zero-order valence-electron chi connectivity index (χ0n) is 19.6. The molecule has 1 atom stereocenters. The van der Waals surface area contributed by atoms with E-state index in [0.29, 0.717) is 25.6 Å². The molecule has 1 saturated heterocycles. The van der Waals surface area contributed by atoms with Crippen molar-refractivity contribution in [1.29, 1.82) is 0 Å². The molecule has 0 spiro atoms. The fourth-order valence-electron chi connectivity index (χ4n) is 3.76. The number of amides is 1. The SMILES string of the molecule is C[C@@H](CONC(=O)CC1CCN(c2ncc(NCCO)cn2)CC1)Nc1cn[nH]c(=O)c1C(F)(F)F. The fourth-order valence-corrected chi connectivity index (χ4v) is 3.76. The number of H-pyrrole nitrogens is 1. The van der Waals surface area contributed by atoms with Crippen molar-refractivity contribution in [2.45, 2.75) is 38.4 Å². The lowest BCUT2D eigenvalue weighted by Gasteiger charge is -2.31. The lowest BCUT2D eigenvalue weighted by Crippen LogP contribution is -2.37. The molecule has 2 aromatic rings. The van der Waals surface area contributed by atoms with E-state index in [1.165, 1.54) is 0 Å². The molecule has 0 radical (unpaired) electrons. The Morgan fingerprint density at radius 2 is 1.97 bits per heavy atom. The molecule has 0 aliphatic carbocycles. The smallest absolute Gasteiger partial charge is 0.395 e. The first kappa shape index (κ1) is 27.1. The van der Waals surface area contributed by atoms with Crippen LogP contribution in [0.5, 0.6) is 0 Å². The Labute approximate surface area is 204 Å². The lowest BCUT2D eigenvalue weighted by atomic mass is 9.93. The molecule has 3 rings (SSSR count). The summed E-state index contributed by atoms with van der Waals surface area (Å²) in [6, 6.07) is -0.650. The van der Waals surface area contributed by atoms with E-state index in [9.17, 15) is 22.8 Å². The molecule has 36 heavy (non-hydrogen) atoms. The van der Waals surface area contributed by atoms with Gasteiger partial charge in [0.15, 0.2) is 0 Å². The van der Waals surface area contributed by atoms with Gasteiger partial charge in [0.25, 0.3) is 5.56 Å². The highest BCUT2D eigenvalue weighted by molar-refractivity contribution is 5.75. The van der Waals surface area contributed by atoms with Gasteiger partial charge in [0.1, 0.15) is 5.56 Å². The van der Waals surface area contributed by atoms with Crippen LogP contribution in [0.15, 0.2) is 23.4 Å². The molecule has 0 bridgehead atoms. The molecule has 0 saturated carbocycles. The molecule has 0 aromatic carbocycles. The second-order valence-electron chi connectivity index (χ2n) is 8.42. The van der Waals surface area contributed by atoms with Crippen molar-refractivity contribution in [1.82, 2.24) is 25.6 Å². The molecule has 198 valence electrons. The number of carbonyl (C=O) groups excluding carboxylic acids is 1. The Kier molecular flexibility index (Phi) is 9.41. The highest BCUT2D eigenvalue weighted by Gasteiger charge is 2.37. The van der Waals surface area contributed by atoms with Crippen LogP contribution >= 0.6 is 0 Å². The van der Waals surface area contributed by atoms with Gasteiger partial charge < -0.3 is 20.6 Å². The Bertz CT molecular complexity index is 1040. The summed E-state index contributed by atoms with van der Waals surface area (Å²) in [5, 5.41) is 19.5. The molecular formula is C21H29F3N8O4. The number of aromatic nitrogens is 4. The highest BCUT2D eigenvalue weighted by Crippen LogP contribution is 2.31. The minimum Gasteiger partial charge on any atom is -0.395 e. The second-order valence-corrected chi connectivity index (χ2v) is 8.42. The van der Waals surface area contributed by atoms with E-state index in [2.05, 4.69) is 31.2 Å². The highest BCUT2D eigenvalue weighted by atomic mass is 19.4. The van der Waals surface area contributed by atoms with E-state index in [1.54, 1.807) is 24.4 Å². The van der Waals surface area contributed by atoms with Crippen LogP contribution in [0.4, 0.5) is 30.5 Å². The number of alkyl halides is 3. The number of aromatic amines is 1. The number of piperidine rings is 1. The molecule has 0 unspecified atom stereocenters. The zero-order chi connectivity index (χ0) is 26.1. The minimum absolute atomic E-state index is 0.0142. The molecule has 1 fully saturated rings. The second kappa shape index (κ2) is 12.5. The van der Waals surface area contributed by atoms with Crippen LogP contribution in [0.25, 0.3) is 0 Å². The number of rotatable bonds is 11. The van der Waals surface area contributed by atoms with Gasteiger partial charge in [-0.05, 0) is 25.7 Å². The molecule has 2 aromatic heterocycles. The van der Waals surface area contributed by atoms with Crippen LogP contribution in [0.1, 0.15) is 31.7 Å². The Balaban J connectivity index is 1.37. The summed E-state index contributed by atoms with van der Waals surface area (Å²) in [5.41, 5.74) is -0.154. The number of hydrogen-bond donors (Lipinski definition) is 5. The van der Waals surface area contributed by atoms with Gasteiger partial charge in [-0.25, -0.2) is 20.5 Å². The van der Waals surface area contributed by atoms with Gasteiger partial charge in [-0.1, -0.05) is 0 Å². The predicted octanol–water partition coefficient (Wildman–Crippen LogP) is 1.14. The number of aliphatic hydroxyl groups excluding tert-OH is 1. The summed E-state index contributed by atoms with van der Waals surface area (Å²) >= 11 is 0. The van der Waals surface area contributed by atoms with Gasteiger partial charge in [-0.2, -0.15) is 18.3 Å². The maximum atomic E-state index is 13.1. The number of nitrogens with zero attached hydrogens (tertiary/aromatic N) is 4. The summed E-state index contributed by atoms with van der Waals surface area (Å²) in [6.07, 6.45) is 1.10. The van der Waals surface area contributed by atoms with E-state index >= 15 is 0 Å². The molecule has 1 aliphatic heterocycles. The van der Waals surface area contributed by atoms with E-state index in [1.807, 2.05) is 4.90 Å². The molecule has 12 nitrogen and oxygen atoms in total.